The van der Waals surface area contributed by atoms with Crippen LogP contribution in [0.25, 0.3) is 0 Å². The van der Waals surface area contributed by atoms with Gasteiger partial charge in [-0.2, -0.15) is 13.2 Å². The van der Waals surface area contributed by atoms with Crippen LogP contribution in [0.1, 0.15) is 46.7 Å². The second kappa shape index (κ2) is 11.8. The van der Waals surface area contributed by atoms with Crippen molar-refractivity contribution in [3.8, 4) is 0 Å². The minimum atomic E-state index is -4.99. The first-order valence-corrected chi connectivity index (χ1v) is 14.2. The Bertz CT molecular complexity index is 1680. The largest absolute Gasteiger partial charge is 0.419 e. The van der Waals surface area contributed by atoms with Gasteiger partial charge in [0.25, 0.3) is 5.91 Å². The number of benzene rings is 3. The van der Waals surface area contributed by atoms with Crippen molar-refractivity contribution in [2.45, 2.75) is 35.7 Å². The van der Waals surface area contributed by atoms with Crippen LogP contribution in [0.4, 0.5) is 43.4 Å². The molecular weight excluding hydrogens is 659 g/mol. The van der Waals surface area contributed by atoms with Crippen LogP contribution in [0.2, 0.25) is 5.02 Å². The van der Waals surface area contributed by atoms with Crippen LogP contribution in [0.3, 0.4) is 0 Å². The van der Waals surface area contributed by atoms with Crippen molar-refractivity contribution < 1.29 is 40.7 Å². The smallest absolute Gasteiger partial charge is 0.326 e. The number of carbonyl (C=O) groups is 3. The van der Waals surface area contributed by atoms with Crippen molar-refractivity contribution in [3.05, 3.63) is 87.7 Å². The van der Waals surface area contributed by atoms with E-state index >= 15 is 4.39 Å². The quantitative estimate of drug-likeness (QED) is 0.166. The third-order valence-electron chi connectivity index (χ3n) is 7.24. The number of anilines is 3. The average molecular weight is 679 g/mol. The lowest BCUT2D eigenvalue weighted by atomic mass is 10.0. The van der Waals surface area contributed by atoms with Crippen molar-refractivity contribution in [3.63, 3.8) is 0 Å². The van der Waals surface area contributed by atoms with Gasteiger partial charge >= 0.3 is 6.18 Å². The first-order chi connectivity index (χ1) is 20.6. The van der Waals surface area contributed by atoms with Crippen LogP contribution in [0, 0.1) is 29.3 Å². The van der Waals surface area contributed by atoms with Crippen molar-refractivity contribution in [2.24, 2.45) is 11.8 Å². The van der Waals surface area contributed by atoms with E-state index in [-0.39, 0.29) is 34.2 Å². The predicted octanol–water partition coefficient (Wildman–Crippen LogP) is 8.29. The first kappa shape index (κ1) is 31.9. The zero-order valence-electron chi connectivity index (χ0n) is 22.1. The van der Waals surface area contributed by atoms with Crippen molar-refractivity contribution in [1.29, 1.82) is 0 Å². The van der Waals surface area contributed by atoms with E-state index in [0.717, 1.165) is 37.1 Å². The molecule has 2 saturated carbocycles. The van der Waals surface area contributed by atoms with E-state index in [1.165, 1.54) is 12.1 Å². The van der Waals surface area contributed by atoms with Gasteiger partial charge < -0.3 is 16.0 Å². The highest BCUT2D eigenvalue weighted by Crippen LogP contribution is 2.65. The summed E-state index contributed by atoms with van der Waals surface area (Å²) in [6.07, 6.45) is -3.17. The minimum absolute atomic E-state index is 0.00188. The number of carbonyl (C=O) groups excluding carboxylic acids is 3. The third-order valence-corrected chi connectivity index (χ3v) is 8.51. The molecule has 15 heteroatoms. The number of hydrogen-bond acceptors (Lipinski definition) is 3. The van der Waals surface area contributed by atoms with E-state index in [1.807, 2.05) is 0 Å². The molecule has 3 amide bonds. The molecule has 44 heavy (non-hydrogen) atoms. The number of hydrogen-bond donors (Lipinski definition) is 3. The zero-order valence-corrected chi connectivity index (χ0v) is 24.4. The molecule has 0 aliphatic heterocycles. The zero-order chi connectivity index (χ0) is 32.1. The highest BCUT2D eigenvalue weighted by Gasteiger charge is 2.67. The molecule has 5 rings (SSSR count). The summed E-state index contributed by atoms with van der Waals surface area (Å²) in [6.45, 7) is 0. The summed E-state index contributed by atoms with van der Waals surface area (Å²) in [5.74, 6) is -8.30. The maximum Gasteiger partial charge on any atom is 0.419 e. The normalized spacial score (nSPS) is 18.8. The third kappa shape index (κ3) is 6.62. The maximum atomic E-state index is 15.1. The molecule has 3 aromatic carbocycles. The summed E-state index contributed by atoms with van der Waals surface area (Å²) in [4.78, 5) is 38.1. The summed E-state index contributed by atoms with van der Waals surface area (Å²) in [5.41, 5.74) is -3.07. The van der Waals surface area contributed by atoms with Gasteiger partial charge in [0.15, 0.2) is 5.82 Å². The van der Waals surface area contributed by atoms with Gasteiger partial charge in [-0.25, -0.2) is 13.2 Å². The van der Waals surface area contributed by atoms with Gasteiger partial charge in [-0.15, -0.1) is 23.2 Å². The molecule has 2 aliphatic rings. The molecule has 2 aliphatic carbocycles. The number of alkyl halides is 5. The standard InChI is InChI=1S/C29H20Cl3F6N3O3/c30-17-5-4-14(39-27(44)23-22(28(23,31)32)13-3-6-18(33)16(10-13)29(36,37)38)11-15(17)26(43)40-20-8-7-19(34)25(24(20)35)41-21(42)9-12-1-2-12/h3-8,10-12,22-23H,1-2,9H2,(H,39,44)(H,40,43)(H,41,42)/t22-,23+/m0/s1. The monoisotopic (exact) mass is 677 g/mol. The molecule has 2 atom stereocenters. The minimum Gasteiger partial charge on any atom is -0.326 e. The predicted molar refractivity (Wildman–Crippen MR) is 152 cm³/mol. The summed E-state index contributed by atoms with van der Waals surface area (Å²) >= 11 is 18.6. The Hall–Kier alpha value is -3.48. The Balaban J connectivity index is 1.31. The maximum absolute atomic E-state index is 15.1. The van der Waals surface area contributed by atoms with Crippen LogP contribution in [0.15, 0.2) is 48.5 Å². The van der Waals surface area contributed by atoms with E-state index in [2.05, 4.69) is 16.0 Å². The van der Waals surface area contributed by atoms with Gasteiger partial charge in [0.2, 0.25) is 11.8 Å². The Kier molecular flexibility index (Phi) is 8.56. The summed E-state index contributed by atoms with van der Waals surface area (Å²) in [7, 11) is 0. The van der Waals surface area contributed by atoms with Crippen LogP contribution in [-0.2, 0) is 15.8 Å². The molecular formula is C29H20Cl3F6N3O3. The van der Waals surface area contributed by atoms with Gasteiger partial charge in [0, 0.05) is 18.0 Å². The van der Waals surface area contributed by atoms with Crippen LogP contribution < -0.4 is 16.0 Å². The first-order valence-electron chi connectivity index (χ1n) is 13.0. The Morgan fingerprint density at radius 1 is 0.886 bits per heavy atom. The SMILES string of the molecule is O=C(CC1CC1)Nc1c(F)ccc(NC(=O)c2cc(NC(=O)[C@H]3[C@H](c4ccc(F)c(C(F)(F)F)c4)C3(Cl)Cl)ccc2Cl)c1F. The molecule has 232 valence electrons. The molecule has 0 heterocycles. The molecule has 0 unspecified atom stereocenters. The number of amides is 3. The molecule has 0 bridgehead atoms. The van der Waals surface area contributed by atoms with E-state index in [4.69, 9.17) is 34.8 Å². The van der Waals surface area contributed by atoms with Gasteiger partial charge in [0.1, 0.15) is 21.7 Å². The lowest BCUT2D eigenvalue weighted by Gasteiger charge is -2.13. The number of nitrogens with one attached hydrogen (secondary N) is 3. The fraction of sp³-hybridized carbons (Fsp3) is 0.276. The van der Waals surface area contributed by atoms with E-state index in [1.54, 1.807) is 0 Å². The highest BCUT2D eigenvalue weighted by atomic mass is 35.5. The van der Waals surface area contributed by atoms with Crippen molar-refractivity contribution >= 4 is 69.6 Å². The van der Waals surface area contributed by atoms with Crippen LogP contribution in [0.5, 0.6) is 0 Å². The van der Waals surface area contributed by atoms with Gasteiger partial charge in [-0.1, -0.05) is 17.7 Å². The summed E-state index contributed by atoms with van der Waals surface area (Å²) in [6, 6.07) is 7.69. The van der Waals surface area contributed by atoms with Crippen molar-refractivity contribution in [1.82, 2.24) is 0 Å². The highest BCUT2D eigenvalue weighted by molar-refractivity contribution is 6.53. The molecule has 3 aromatic rings. The molecule has 2 fully saturated rings. The van der Waals surface area contributed by atoms with Crippen molar-refractivity contribution in [2.75, 3.05) is 16.0 Å². The fourth-order valence-electron chi connectivity index (χ4n) is 4.75. The molecule has 0 spiro atoms. The van der Waals surface area contributed by atoms with E-state index in [9.17, 15) is 36.3 Å². The lowest BCUT2D eigenvalue weighted by Crippen LogP contribution is -2.19. The summed E-state index contributed by atoms with van der Waals surface area (Å²) in [5, 5.41) is 6.78. The molecule has 0 aromatic heterocycles. The second-order valence-electron chi connectivity index (χ2n) is 10.5. The fourth-order valence-corrected chi connectivity index (χ4v) is 5.78. The van der Waals surface area contributed by atoms with Crippen LogP contribution in [-0.4, -0.2) is 22.1 Å². The van der Waals surface area contributed by atoms with Gasteiger partial charge in [-0.3, -0.25) is 14.4 Å². The summed E-state index contributed by atoms with van der Waals surface area (Å²) < 4.78 is 80.9. The van der Waals surface area contributed by atoms with E-state index < -0.39 is 74.5 Å². The molecule has 0 saturated heterocycles. The number of halogens is 9. The molecule has 3 N–H and O–H groups in total. The second-order valence-corrected chi connectivity index (χ2v) is 12.3. The average Bonchev–Trinajstić information content (AvgIpc) is 3.85. The molecule has 6 nitrogen and oxygen atoms in total. The van der Waals surface area contributed by atoms with Gasteiger partial charge in [-0.05, 0) is 66.8 Å². The van der Waals surface area contributed by atoms with Crippen LogP contribution >= 0.6 is 34.8 Å². The Morgan fingerprint density at radius 2 is 1.57 bits per heavy atom. The van der Waals surface area contributed by atoms with E-state index in [0.29, 0.717) is 12.1 Å². The lowest BCUT2D eigenvalue weighted by molar-refractivity contribution is -0.140. The van der Waals surface area contributed by atoms with Gasteiger partial charge in [0.05, 0.1) is 27.8 Å². The number of rotatable bonds is 8. The topological polar surface area (TPSA) is 87.3 Å². The Labute approximate surface area is 261 Å². The molecule has 0 radical (unpaired) electrons. The Morgan fingerprint density at radius 3 is 2.23 bits per heavy atom.